The Morgan fingerprint density at radius 1 is 0.789 bits per heavy atom. The highest BCUT2D eigenvalue weighted by atomic mass is 16.5. The van der Waals surface area contributed by atoms with Gasteiger partial charge in [-0.3, -0.25) is 0 Å². The van der Waals surface area contributed by atoms with Crippen LogP contribution in [0.25, 0.3) is 12.2 Å². The average molecular weight is 254 g/mol. The molecule has 2 aromatic carbocycles. The minimum atomic E-state index is 0.579. The van der Waals surface area contributed by atoms with Crippen molar-refractivity contribution in [3.63, 3.8) is 0 Å². The first-order valence-corrected chi connectivity index (χ1v) is 6.33. The normalized spacial score (nSPS) is 10.8. The number of rotatable bonds is 6. The second-order valence-corrected chi connectivity index (χ2v) is 4.15. The Labute approximate surface area is 114 Å². The fraction of sp³-hybridized carbons (Fsp3) is 0.176. The monoisotopic (exact) mass is 254 g/mol. The fourth-order valence-electron chi connectivity index (χ4n) is 1.67. The van der Waals surface area contributed by atoms with Gasteiger partial charge in [0.15, 0.2) is 0 Å². The lowest BCUT2D eigenvalue weighted by Crippen LogP contribution is -2.03. The number of hydrogen-bond donors (Lipinski definition) is 0. The topological polar surface area (TPSA) is 18.5 Å². The summed E-state index contributed by atoms with van der Waals surface area (Å²) in [6.07, 6.45) is 4.19. The number of ether oxygens (including phenoxy) is 2. The highest BCUT2D eigenvalue weighted by Crippen LogP contribution is 2.14. The molecule has 2 rings (SSSR count). The van der Waals surface area contributed by atoms with Crippen LogP contribution < -0.4 is 4.74 Å². The lowest BCUT2D eigenvalue weighted by Gasteiger charge is -2.05. The zero-order valence-electron chi connectivity index (χ0n) is 11.1. The summed E-state index contributed by atoms with van der Waals surface area (Å²) < 4.78 is 10.5. The lowest BCUT2D eigenvalue weighted by molar-refractivity contribution is 0.146. The molecule has 0 aliphatic heterocycles. The van der Waals surface area contributed by atoms with Gasteiger partial charge in [-0.05, 0) is 23.3 Å². The first kappa shape index (κ1) is 13.4. The largest absolute Gasteiger partial charge is 0.491 e. The molecule has 0 N–H and O–H groups in total. The van der Waals surface area contributed by atoms with Gasteiger partial charge < -0.3 is 9.47 Å². The molecule has 2 nitrogen and oxygen atoms in total. The predicted octanol–water partition coefficient (Wildman–Crippen LogP) is 3.88. The van der Waals surface area contributed by atoms with Crippen molar-refractivity contribution in [1.29, 1.82) is 0 Å². The molecule has 0 atom stereocenters. The van der Waals surface area contributed by atoms with E-state index in [1.54, 1.807) is 7.11 Å². The van der Waals surface area contributed by atoms with Gasteiger partial charge in [-0.1, -0.05) is 54.6 Å². The van der Waals surface area contributed by atoms with Crippen molar-refractivity contribution in [1.82, 2.24) is 0 Å². The smallest absolute Gasteiger partial charge is 0.119 e. The van der Waals surface area contributed by atoms with E-state index in [0.29, 0.717) is 13.2 Å². The van der Waals surface area contributed by atoms with Crippen molar-refractivity contribution in [3.05, 3.63) is 65.7 Å². The second kappa shape index (κ2) is 7.39. The SMILES string of the molecule is COCCOc1ccc(/C=C\c2ccccc2)cc1. The van der Waals surface area contributed by atoms with Crippen molar-refractivity contribution < 1.29 is 9.47 Å². The van der Waals surface area contributed by atoms with E-state index in [4.69, 9.17) is 9.47 Å². The van der Waals surface area contributed by atoms with Crippen molar-refractivity contribution in [2.45, 2.75) is 0 Å². The van der Waals surface area contributed by atoms with Crippen molar-refractivity contribution in [2.24, 2.45) is 0 Å². The first-order valence-electron chi connectivity index (χ1n) is 6.33. The first-order chi connectivity index (χ1) is 9.38. The number of hydrogen-bond acceptors (Lipinski definition) is 2. The van der Waals surface area contributed by atoms with Gasteiger partial charge in [-0.15, -0.1) is 0 Å². The Morgan fingerprint density at radius 3 is 2.05 bits per heavy atom. The molecule has 0 bridgehead atoms. The van der Waals surface area contributed by atoms with Crippen LogP contribution in [0.2, 0.25) is 0 Å². The summed E-state index contributed by atoms with van der Waals surface area (Å²) >= 11 is 0. The maximum absolute atomic E-state index is 5.52. The van der Waals surface area contributed by atoms with Crippen LogP contribution in [0.15, 0.2) is 54.6 Å². The van der Waals surface area contributed by atoms with E-state index < -0.39 is 0 Å². The minimum Gasteiger partial charge on any atom is -0.491 e. The minimum absolute atomic E-state index is 0.579. The van der Waals surface area contributed by atoms with Crippen LogP contribution >= 0.6 is 0 Å². The average Bonchev–Trinajstić information content (AvgIpc) is 2.48. The summed E-state index contributed by atoms with van der Waals surface area (Å²) in [4.78, 5) is 0. The van der Waals surface area contributed by atoms with Gasteiger partial charge in [0.1, 0.15) is 12.4 Å². The van der Waals surface area contributed by atoms with Gasteiger partial charge in [0.25, 0.3) is 0 Å². The van der Waals surface area contributed by atoms with E-state index in [-0.39, 0.29) is 0 Å². The molecule has 0 fully saturated rings. The van der Waals surface area contributed by atoms with Gasteiger partial charge in [-0.2, -0.15) is 0 Å². The zero-order chi connectivity index (χ0) is 13.3. The molecule has 98 valence electrons. The highest BCUT2D eigenvalue weighted by Gasteiger charge is 1.93. The van der Waals surface area contributed by atoms with Crippen LogP contribution in [0.3, 0.4) is 0 Å². The molecule has 0 aliphatic rings. The summed E-state index contributed by atoms with van der Waals surface area (Å²) in [6.45, 7) is 1.19. The van der Waals surface area contributed by atoms with Crippen LogP contribution in [-0.2, 0) is 4.74 Å². The quantitative estimate of drug-likeness (QED) is 0.575. The van der Waals surface area contributed by atoms with Gasteiger partial charge >= 0.3 is 0 Å². The number of methoxy groups -OCH3 is 1. The van der Waals surface area contributed by atoms with E-state index in [2.05, 4.69) is 24.3 Å². The van der Waals surface area contributed by atoms with Crippen LogP contribution in [0.4, 0.5) is 0 Å². The van der Waals surface area contributed by atoms with E-state index in [0.717, 1.165) is 11.3 Å². The van der Waals surface area contributed by atoms with E-state index in [9.17, 15) is 0 Å². The van der Waals surface area contributed by atoms with Gasteiger partial charge in [0, 0.05) is 7.11 Å². The van der Waals surface area contributed by atoms with E-state index in [1.165, 1.54) is 5.56 Å². The molecule has 0 spiro atoms. The number of benzene rings is 2. The molecule has 0 aliphatic carbocycles. The molecule has 2 aromatic rings. The Bertz CT molecular complexity index is 501. The lowest BCUT2D eigenvalue weighted by atomic mass is 10.1. The zero-order valence-corrected chi connectivity index (χ0v) is 11.1. The van der Waals surface area contributed by atoms with Gasteiger partial charge in [0.05, 0.1) is 6.61 Å². The molecule has 0 amide bonds. The van der Waals surface area contributed by atoms with Gasteiger partial charge in [0.2, 0.25) is 0 Å². The third-order valence-corrected chi connectivity index (χ3v) is 2.70. The third kappa shape index (κ3) is 4.60. The molecule has 0 aromatic heterocycles. The molecule has 2 heteroatoms. The second-order valence-electron chi connectivity index (χ2n) is 4.15. The molecular weight excluding hydrogens is 236 g/mol. The Hall–Kier alpha value is -2.06. The van der Waals surface area contributed by atoms with Crippen molar-refractivity contribution in [2.75, 3.05) is 20.3 Å². The van der Waals surface area contributed by atoms with Crippen LogP contribution in [0, 0.1) is 0 Å². The fourth-order valence-corrected chi connectivity index (χ4v) is 1.67. The predicted molar refractivity (Wildman–Crippen MR) is 79.2 cm³/mol. The van der Waals surface area contributed by atoms with Crippen LogP contribution in [0.1, 0.15) is 11.1 Å². The molecule has 0 unspecified atom stereocenters. The molecule has 0 saturated carbocycles. The Kier molecular flexibility index (Phi) is 5.20. The maximum Gasteiger partial charge on any atom is 0.119 e. The van der Waals surface area contributed by atoms with Crippen LogP contribution in [0.5, 0.6) is 5.75 Å². The standard InChI is InChI=1S/C17H18O2/c1-18-13-14-19-17-11-9-16(10-12-17)8-7-15-5-3-2-4-6-15/h2-12H,13-14H2,1H3/b8-7-. The van der Waals surface area contributed by atoms with Gasteiger partial charge in [-0.25, -0.2) is 0 Å². The van der Waals surface area contributed by atoms with Crippen molar-refractivity contribution in [3.8, 4) is 5.75 Å². The maximum atomic E-state index is 5.52. The molecule has 19 heavy (non-hydrogen) atoms. The Balaban J connectivity index is 1.93. The third-order valence-electron chi connectivity index (χ3n) is 2.70. The summed E-state index contributed by atoms with van der Waals surface area (Å²) in [5, 5.41) is 0. The van der Waals surface area contributed by atoms with Crippen LogP contribution in [-0.4, -0.2) is 20.3 Å². The molecule has 0 heterocycles. The molecule has 0 radical (unpaired) electrons. The van der Waals surface area contributed by atoms with E-state index >= 15 is 0 Å². The molecular formula is C17H18O2. The Morgan fingerprint density at radius 2 is 1.42 bits per heavy atom. The van der Waals surface area contributed by atoms with Crippen molar-refractivity contribution >= 4 is 12.2 Å². The summed E-state index contributed by atoms with van der Waals surface area (Å²) in [5.74, 6) is 0.869. The molecule has 0 saturated heterocycles. The highest BCUT2D eigenvalue weighted by molar-refractivity contribution is 5.69. The summed E-state index contributed by atoms with van der Waals surface area (Å²) in [7, 11) is 1.67. The van der Waals surface area contributed by atoms with E-state index in [1.807, 2.05) is 42.5 Å². The summed E-state index contributed by atoms with van der Waals surface area (Å²) in [6, 6.07) is 18.3. The summed E-state index contributed by atoms with van der Waals surface area (Å²) in [5.41, 5.74) is 2.35.